The molecule has 4 atom stereocenters. The van der Waals surface area contributed by atoms with Gasteiger partial charge in [-0.05, 0) is 48.1 Å². The maximum Gasteiger partial charge on any atom is 0.326 e. The number of likely N-dealkylation sites (tertiary alicyclic amines) is 1. The van der Waals surface area contributed by atoms with Gasteiger partial charge in [0.25, 0.3) is 0 Å². The van der Waals surface area contributed by atoms with Gasteiger partial charge in [0.1, 0.15) is 11.8 Å². The number of hydrogen-bond acceptors (Lipinski definition) is 5. The number of hydrogen-bond donors (Lipinski definition) is 3. The molecule has 1 aliphatic heterocycles. The first-order valence-electron chi connectivity index (χ1n) is 13.5. The predicted octanol–water partition coefficient (Wildman–Crippen LogP) is 4.84. The van der Waals surface area contributed by atoms with Crippen LogP contribution in [0, 0.1) is 11.8 Å². The topological polar surface area (TPSA) is 107 Å². The van der Waals surface area contributed by atoms with Crippen molar-refractivity contribution >= 4 is 17.7 Å². The molecule has 0 aromatic heterocycles. The Morgan fingerprint density at radius 3 is 2.31 bits per heavy atom. The Bertz CT molecular complexity index is 1290. The molecule has 1 heterocycles. The molecule has 7 nitrogen and oxygen atoms in total. The molecule has 0 spiro atoms. The van der Waals surface area contributed by atoms with E-state index in [-0.39, 0.29) is 36.3 Å². The molecule has 39 heavy (non-hydrogen) atoms. The van der Waals surface area contributed by atoms with E-state index in [4.69, 9.17) is 0 Å². The Hall–Kier alpha value is -3.97. The first kappa shape index (κ1) is 28.0. The molecule has 1 aliphatic rings. The van der Waals surface area contributed by atoms with Crippen LogP contribution >= 0.6 is 0 Å². The maximum atomic E-state index is 12.8. The van der Waals surface area contributed by atoms with Gasteiger partial charge >= 0.3 is 5.97 Å². The van der Waals surface area contributed by atoms with Gasteiger partial charge < -0.3 is 15.5 Å². The molecule has 1 amide bonds. The second kappa shape index (κ2) is 12.7. The fourth-order valence-electron chi connectivity index (χ4n) is 5.39. The third-order valence-electron chi connectivity index (χ3n) is 7.82. The van der Waals surface area contributed by atoms with Crippen LogP contribution in [0.4, 0.5) is 0 Å². The molecule has 0 bridgehead atoms. The van der Waals surface area contributed by atoms with Gasteiger partial charge in [-0.15, -0.1) is 0 Å². The number of benzene rings is 3. The average Bonchev–Trinajstić information content (AvgIpc) is 2.93. The second-order valence-corrected chi connectivity index (χ2v) is 10.5. The molecule has 0 radical (unpaired) electrons. The molecule has 1 saturated heterocycles. The summed E-state index contributed by atoms with van der Waals surface area (Å²) < 4.78 is 0. The molecule has 3 aromatic carbocycles. The summed E-state index contributed by atoms with van der Waals surface area (Å²) in [6.07, 6.45) is 1.30. The average molecular weight is 529 g/mol. The Balaban J connectivity index is 1.36. The van der Waals surface area contributed by atoms with E-state index in [2.05, 4.69) is 24.1 Å². The molecule has 7 heteroatoms. The third-order valence-corrected chi connectivity index (χ3v) is 7.82. The normalized spacial score (nSPS) is 20.2. The SMILES string of the molecule is C[C@@H]1CCN(CCC(=O)N[C@@H](Cc2ccc(C(=O)c3ccccc3)cc2)C(=O)O)C(c2cccc(O)c2)[C@@H]1C. The minimum absolute atomic E-state index is 0.0704. The van der Waals surface area contributed by atoms with Gasteiger partial charge in [-0.1, -0.05) is 80.6 Å². The van der Waals surface area contributed by atoms with Crippen LogP contribution in [0.3, 0.4) is 0 Å². The van der Waals surface area contributed by atoms with Crippen molar-refractivity contribution in [3.63, 3.8) is 0 Å². The lowest BCUT2D eigenvalue weighted by molar-refractivity contribution is -0.141. The van der Waals surface area contributed by atoms with E-state index in [0.29, 0.717) is 29.5 Å². The monoisotopic (exact) mass is 528 g/mol. The fraction of sp³-hybridized carbons (Fsp3) is 0.344. The fourth-order valence-corrected chi connectivity index (χ4v) is 5.39. The molecular weight excluding hydrogens is 492 g/mol. The van der Waals surface area contributed by atoms with Gasteiger partial charge in [0.15, 0.2) is 5.78 Å². The maximum absolute atomic E-state index is 12.8. The van der Waals surface area contributed by atoms with E-state index in [1.807, 2.05) is 18.2 Å². The van der Waals surface area contributed by atoms with Crippen LogP contribution in [0.1, 0.15) is 59.8 Å². The summed E-state index contributed by atoms with van der Waals surface area (Å²) in [5.74, 6) is -0.460. The molecule has 4 rings (SSSR count). The first-order valence-corrected chi connectivity index (χ1v) is 13.5. The summed E-state index contributed by atoms with van der Waals surface area (Å²) in [4.78, 5) is 39.7. The summed E-state index contributed by atoms with van der Waals surface area (Å²) in [5.41, 5.74) is 2.85. The highest BCUT2D eigenvalue weighted by Gasteiger charge is 2.34. The van der Waals surface area contributed by atoms with Crippen molar-refractivity contribution < 1.29 is 24.6 Å². The molecule has 1 fully saturated rings. The third kappa shape index (κ3) is 7.12. The number of aromatic hydroxyl groups is 1. The number of ketones is 1. The number of rotatable bonds is 10. The molecule has 3 aromatic rings. The number of amides is 1. The zero-order valence-electron chi connectivity index (χ0n) is 22.4. The van der Waals surface area contributed by atoms with Crippen molar-refractivity contribution in [1.29, 1.82) is 0 Å². The number of carbonyl (C=O) groups is 3. The lowest BCUT2D eigenvalue weighted by Gasteiger charge is -2.43. The van der Waals surface area contributed by atoms with Crippen molar-refractivity contribution in [2.75, 3.05) is 13.1 Å². The predicted molar refractivity (Wildman–Crippen MR) is 150 cm³/mol. The number of piperidine rings is 1. The van der Waals surface area contributed by atoms with Crippen molar-refractivity contribution in [2.24, 2.45) is 11.8 Å². The van der Waals surface area contributed by atoms with Crippen molar-refractivity contribution in [1.82, 2.24) is 10.2 Å². The van der Waals surface area contributed by atoms with Crippen molar-refractivity contribution in [3.8, 4) is 5.75 Å². The number of carbonyl (C=O) groups excluding carboxylic acids is 2. The van der Waals surface area contributed by atoms with E-state index >= 15 is 0 Å². The second-order valence-electron chi connectivity index (χ2n) is 10.5. The van der Waals surface area contributed by atoms with E-state index in [1.165, 1.54) is 0 Å². The standard InChI is InChI=1S/C32H36N2O5/c1-21-15-17-34(30(22(21)2)26-9-6-10-27(35)20-26)18-16-29(36)33-28(32(38)39)19-23-11-13-25(14-12-23)31(37)24-7-4-3-5-8-24/h3-14,20-22,28,30,35H,15-19H2,1-2H3,(H,33,36)(H,38,39)/t21-,22-,28+,30?/m1/s1. The van der Waals surface area contributed by atoms with E-state index in [0.717, 1.165) is 24.1 Å². The Morgan fingerprint density at radius 1 is 0.949 bits per heavy atom. The number of phenols is 1. The quantitative estimate of drug-likeness (QED) is 0.325. The number of nitrogens with one attached hydrogen (secondary N) is 1. The van der Waals surface area contributed by atoms with Crippen LogP contribution in [0.2, 0.25) is 0 Å². The number of phenolic OH excluding ortho intramolecular Hbond substituents is 1. The van der Waals surface area contributed by atoms with Crippen LogP contribution in [0.15, 0.2) is 78.9 Å². The zero-order chi connectivity index (χ0) is 27.9. The van der Waals surface area contributed by atoms with Crippen LogP contribution in [0.5, 0.6) is 5.75 Å². The van der Waals surface area contributed by atoms with Gasteiger partial charge in [-0.25, -0.2) is 4.79 Å². The largest absolute Gasteiger partial charge is 0.508 e. The van der Waals surface area contributed by atoms with Gasteiger partial charge in [-0.2, -0.15) is 0 Å². The lowest BCUT2D eigenvalue weighted by Crippen LogP contribution is -2.45. The zero-order valence-corrected chi connectivity index (χ0v) is 22.4. The molecule has 3 N–H and O–H groups in total. The van der Waals surface area contributed by atoms with Crippen LogP contribution in [0.25, 0.3) is 0 Å². The number of carboxylic acid groups (broad SMARTS) is 1. The molecular formula is C32H36N2O5. The molecule has 0 aliphatic carbocycles. The molecule has 0 saturated carbocycles. The molecule has 1 unspecified atom stereocenters. The number of nitrogens with zero attached hydrogens (tertiary/aromatic N) is 1. The smallest absolute Gasteiger partial charge is 0.326 e. The highest BCUT2D eigenvalue weighted by Crippen LogP contribution is 2.39. The lowest BCUT2D eigenvalue weighted by atomic mass is 9.79. The van der Waals surface area contributed by atoms with E-state index in [9.17, 15) is 24.6 Å². The number of aliphatic carboxylic acids is 1. The van der Waals surface area contributed by atoms with Crippen molar-refractivity contribution in [2.45, 2.75) is 45.2 Å². The highest BCUT2D eigenvalue weighted by molar-refractivity contribution is 6.08. The highest BCUT2D eigenvalue weighted by atomic mass is 16.4. The minimum atomic E-state index is -1.11. The van der Waals surface area contributed by atoms with Crippen LogP contribution < -0.4 is 5.32 Å². The summed E-state index contributed by atoms with van der Waals surface area (Å²) >= 11 is 0. The Kier molecular flexibility index (Phi) is 9.15. The van der Waals surface area contributed by atoms with Crippen LogP contribution in [-0.4, -0.2) is 51.9 Å². The Morgan fingerprint density at radius 2 is 1.64 bits per heavy atom. The van der Waals surface area contributed by atoms with E-state index < -0.39 is 12.0 Å². The number of carboxylic acids is 1. The first-order chi connectivity index (χ1) is 18.7. The summed E-state index contributed by atoms with van der Waals surface area (Å²) in [5, 5.41) is 22.5. The summed E-state index contributed by atoms with van der Waals surface area (Å²) in [6, 6.07) is 22.1. The Labute approximate surface area is 229 Å². The molecule has 204 valence electrons. The van der Waals surface area contributed by atoms with Gasteiger partial charge in [0, 0.05) is 36.6 Å². The van der Waals surface area contributed by atoms with Crippen molar-refractivity contribution in [3.05, 3.63) is 101 Å². The van der Waals surface area contributed by atoms with E-state index in [1.54, 1.807) is 60.7 Å². The summed E-state index contributed by atoms with van der Waals surface area (Å²) in [6.45, 7) is 5.75. The van der Waals surface area contributed by atoms with Crippen LogP contribution in [-0.2, 0) is 16.0 Å². The van der Waals surface area contributed by atoms with Gasteiger partial charge in [0.05, 0.1) is 0 Å². The summed E-state index contributed by atoms with van der Waals surface area (Å²) in [7, 11) is 0. The van der Waals surface area contributed by atoms with Gasteiger partial charge in [-0.3, -0.25) is 14.5 Å². The van der Waals surface area contributed by atoms with Gasteiger partial charge in [0.2, 0.25) is 5.91 Å². The minimum Gasteiger partial charge on any atom is -0.508 e.